The fourth-order valence-electron chi connectivity index (χ4n) is 3.77. The Morgan fingerprint density at radius 3 is 2.36 bits per heavy atom. The molecule has 0 aliphatic heterocycles. The average Bonchev–Trinajstić information content (AvgIpc) is 2.75. The van der Waals surface area contributed by atoms with Gasteiger partial charge in [-0.1, -0.05) is 31.2 Å². The highest BCUT2D eigenvalue weighted by atomic mass is 19.4. The van der Waals surface area contributed by atoms with Gasteiger partial charge in [0, 0.05) is 36.9 Å². The van der Waals surface area contributed by atoms with Crippen molar-refractivity contribution in [2.24, 2.45) is 0 Å². The zero-order valence-electron chi connectivity index (χ0n) is 18.1. The lowest BCUT2D eigenvalue weighted by Crippen LogP contribution is -2.28. The maximum Gasteiger partial charge on any atom is 0.416 e. The van der Waals surface area contributed by atoms with Crippen LogP contribution in [-0.2, 0) is 18.9 Å². The molecule has 2 aromatic carbocycles. The molecule has 0 spiro atoms. The molecule has 0 fully saturated rings. The first-order valence-corrected chi connectivity index (χ1v) is 10.7. The van der Waals surface area contributed by atoms with Gasteiger partial charge in [0.15, 0.2) is 0 Å². The van der Waals surface area contributed by atoms with Crippen molar-refractivity contribution in [3.8, 4) is 0 Å². The number of nitrogens with one attached hydrogen (secondary N) is 1. The second-order valence-corrected chi connectivity index (χ2v) is 7.80. The third-order valence-electron chi connectivity index (χ3n) is 5.29. The van der Waals surface area contributed by atoms with Gasteiger partial charge >= 0.3 is 12.4 Å². The van der Waals surface area contributed by atoms with Crippen molar-refractivity contribution in [1.82, 2.24) is 9.88 Å². The molecule has 0 aliphatic rings. The van der Waals surface area contributed by atoms with Gasteiger partial charge in [-0.3, -0.25) is 9.88 Å². The molecule has 1 aromatic heterocycles. The van der Waals surface area contributed by atoms with Crippen molar-refractivity contribution in [2.45, 2.75) is 38.7 Å². The first-order chi connectivity index (χ1) is 15.6. The van der Waals surface area contributed by atoms with E-state index in [1.54, 1.807) is 12.1 Å². The molecule has 0 aliphatic carbocycles. The van der Waals surface area contributed by atoms with E-state index >= 15 is 0 Å². The lowest BCUT2D eigenvalue weighted by atomic mass is 10.1. The molecule has 0 amide bonds. The molecule has 3 aromatic rings. The summed E-state index contributed by atoms with van der Waals surface area (Å²) in [4.78, 5) is 6.01. The van der Waals surface area contributed by atoms with Crippen LogP contribution in [0.1, 0.15) is 36.5 Å². The number of pyridine rings is 1. The van der Waals surface area contributed by atoms with E-state index in [2.05, 4.69) is 10.3 Å². The van der Waals surface area contributed by atoms with Crippen molar-refractivity contribution in [2.75, 3.05) is 25.0 Å². The Kier molecular flexibility index (Phi) is 7.84. The quantitative estimate of drug-likeness (QED) is 0.271. The summed E-state index contributed by atoms with van der Waals surface area (Å²) >= 11 is 0. The van der Waals surface area contributed by atoms with Gasteiger partial charge in [-0.25, -0.2) is 0 Å². The number of fused-ring (bicyclic) bond motifs is 1. The van der Waals surface area contributed by atoms with Crippen LogP contribution in [0.2, 0.25) is 0 Å². The summed E-state index contributed by atoms with van der Waals surface area (Å²) in [6.45, 7) is 3.92. The Balaban J connectivity index is 1.63. The lowest BCUT2D eigenvalue weighted by Gasteiger charge is -2.24. The van der Waals surface area contributed by atoms with Crippen LogP contribution in [0, 0.1) is 0 Å². The largest absolute Gasteiger partial charge is 0.416 e. The second-order valence-electron chi connectivity index (χ2n) is 7.80. The molecule has 0 atom stereocenters. The Morgan fingerprint density at radius 1 is 0.909 bits per heavy atom. The smallest absolute Gasteiger partial charge is 0.384 e. The standard InChI is InChI=1S/C24H25F6N3/c1-2-13-33(16-17-6-3-4-7-20(17)24(28,29)30)14-5-11-31-21-10-12-32-22-15-18(23(25,26)27)8-9-19(21)22/h3-4,6-10,12,15H,2,5,11,13-14,16H2,1H3,(H,31,32). The van der Waals surface area contributed by atoms with Crippen LogP contribution in [0.3, 0.4) is 0 Å². The SMILES string of the molecule is CCCN(CCCNc1ccnc2cc(C(F)(F)F)ccc12)Cc1ccccc1C(F)(F)F. The lowest BCUT2D eigenvalue weighted by molar-refractivity contribution is -0.138. The topological polar surface area (TPSA) is 28.2 Å². The Labute approximate surface area is 188 Å². The van der Waals surface area contributed by atoms with E-state index in [4.69, 9.17) is 0 Å². The monoisotopic (exact) mass is 469 g/mol. The van der Waals surface area contributed by atoms with Crippen LogP contribution in [0.15, 0.2) is 54.7 Å². The third kappa shape index (κ3) is 6.60. The van der Waals surface area contributed by atoms with Gasteiger partial charge in [0.25, 0.3) is 0 Å². The highest BCUT2D eigenvalue weighted by Crippen LogP contribution is 2.33. The number of rotatable bonds is 9. The molecule has 9 heteroatoms. The predicted molar refractivity (Wildman–Crippen MR) is 117 cm³/mol. The van der Waals surface area contributed by atoms with Crippen molar-refractivity contribution < 1.29 is 26.3 Å². The van der Waals surface area contributed by atoms with E-state index in [9.17, 15) is 26.3 Å². The summed E-state index contributed by atoms with van der Waals surface area (Å²) in [6.07, 6.45) is -5.93. The number of halogens is 6. The summed E-state index contributed by atoms with van der Waals surface area (Å²) in [6, 6.07) is 10.7. The molecule has 178 valence electrons. The van der Waals surface area contributed by atoms with Crippen molar-refractivity contribution in [3.63, 3.8) is 0 Å². The Morgan fingerprint density at radius 2 is 1.67 bits per heavy atom. The van der Waals surface area contributed by atoms with E-state index in [-0.39, 0.29) is 17.6 Å². The van der Waals surface area contributed by atoms with E-state index in [1.807, 2.05) is 11.8 Å². The summed E-state index contributed by atoms with van der Waals surface area (Å²) in [7, 11) is 0. The predicted octanol–water partition coefficient (Wildman–Crippen LogP) is 6.99. The molecule has 0 unspecified atom stereocenters. The van der Waals surface area contributed by atoms with Crippen molar-refractivity contribution in [1.29, 1.82) is 0 Å². The van der Waals surface area contributed by atoms with Crippen LogP contribution >= 0.6 is 0 Å². The van der Waals surface area contributed by atoms with Gasteiger partial charge in [0.2, 0.25) is 0 Å². The molecular weight excluding hydrogens is 444 g/mol. The van der Waals surface area contributed by atoms with E-state index in [1.165, 1.54) is 24.4 Å². The minimum absolute atomic E-state index is 0.196. The molecule has 3 nitrogen and oxygen atoms in total. The minimum atomic E-state index is -4.44. The highest BCUT2D eigenvalue weighted by Gasteiger charge is 2.33. The van der Waals surface area contributed by atoms with E-state index in [0.717, 1.165) is 24.6 Å². The third-order valence-corrected chi connectivity index (χ3v) is 5.29. The first kappa shape index (κ1) is 24.8. The molecule has 1 heterocycles. The van der Waals surface area contributed by atoms with Crippen LogP contribution in [0.25, 0.3) is 10.9 Å². The number of hydrogen-bond donors (Lipinski definition) is 1. The average molecular weight is 469 g/mol. The molecule has 0 saturated heterocycles. The summed E-state index contributed by atoms with van der Waals surface area (Å²) in [5.41, 5.74) is -0.226. The van der Waals surface area contributed by atoms with E-state index in [0.29, 0.717) is 37.1 Å². The fraction of sp³-hybridized carbons (Fsp3) is 0.375. The molecule has 33 heavy (non-hydrogen) atoms. The van der Waals surface area contributed by atoms with Gasteiger partial charge in [-0.2, -0.15) is 26.3 Å². The van der Waals surface area contributed by atoms with Crippen LogP contribution < -0.4 is 5.32 Å². The van der Waals surface area contributed by atoms with Gasteiger partial charge < -0.3 is 5.32 Å². The zero-order chi connectivity index (χ0) is 24.1. The van der Waals surface area contributed by atoms with Crippen LogP contribution in [0.4, 0.5) is 32.0 Å². The molecule has 3 rings (SSSR count). The number of nitrogens with zero attached hydrogens (tertiary/aromatic N) is 2. The summed E-state index contributed by atoms with van der Waals surface area (Å²) in [5.74, 6) is 0. The second kappa shape index (κ2) is 10.4. The fourth-order valence-corrected chi connectivity index (χ4v) is 3.77. The Hall–Kier alpha value is -2.81. The Bertz CT molecular complexity index is 1060. The normalized spacial score (nSPS) is 12.5. The summed E-state index contributed by atoms with van der Waals surface area (Å²) in [5, 5.41) is 3.79. The highest BCUT2D eigenvalue weighted by molar-refractivity contribution is 5.91. The van der Waals surface area contributed by atoms with Gasteiger partial charge in [-0.15, -0.1) is 0 Å². The maximum absolute atomic E-state index is 13.3. The number of anilines is 1. The summed E-state index contributed by atoms with van der Waals surface area (Å²) < 4.78 is 78.7. The number of hydrogen-bond acceptors (Lipinski definition) is 3. The molecule has 0 radical (unpaired) electrons. The van der Waals surface area contributed by atoms with Gasteiger partial charge in [0.1, 0.15) is 0 Å². The molecule has 1 N–H and O–H groups in total. The minimum Gasteiger partial charge on any atom is -0.384 e. The number of benzene rings is 2. The molecular formula is C24H25F6N3. The number of alkyl halides is 6. The zero-order valence-corrected chi connectivity index (χ0v) is 18.1. The van der Waals surface area contributed by atoms with Crippen molar-refractivity contribution >= 4 is 16.6 Å². The van der Waals surface area contributed by atoms with E-state index < -0.39 is 23.5 Å². The first-order valence-electron chi connectivity index (χ1n) is 10.7. The van der Waals surface area contributed by atoms with Crippen LogP contribution in [0.5, 0.6) is 0 Å². The van der Waals surface area contributed by atoms with Gasteiger partial charge in [-0.05, 0) is 49.2 Å². The molecule has 0 saturated carbocycles. The van der Waals surface area contributed by atoms with Crippen molar-refractivity contribution in [3.05, 3.63) is 71.4 Å². The maximum atomic E-state index is 13.3. The molecule has 0 bridgehead atoms. The van der Waals surface area contributed by atoms with Gasteiger partial charge in [0.05, 0.1) is 16.6 Å². The van der Waals surface area contributed by atoms with Crippen LogP contribution in [-0.4, -0.2) is 29.5 Å². The number of aromatic nitrogens is 1.